The van der Waals surface area contributed by atoms with Crippen LogP contribution in [-0.4, -0.2) is 31.1 Å². The molecule has 6 heteroatoms. The van der Waals surface area contributed by atoms with E-state index in [2.05, 4.69) is 0 Å². The maximum atomic E-state index is 13.1. The van der Waals surface area contributed by atoms with Crippen molar-refractivity contribution in [3.05, 3.63) is 0 Å². The van der Waals surface area contributed by atoms with Gasteiger partial charge >= 0.3 is 11.9 Å². The normalized spacial score (nSPS) is 19.2. The van der Waals surface area contributed by atoms with Gasteiger partial charge in [-0.05, 0) is 32.6 Å². The third-order valence-electron chi connectivity index (χ3n) is 3.31. The van der Waals surface area contributed by atoms with E-state index in [4.69, 9.17) is 9.47 Å². The lowest BCUT2D eigenvalue weighted by atomic mass is 9.78. The lowest BCUT2D eigenvalue weighted by Gasteiger charge is -2.31. The molecule has 0 heterocycles. The van der Waals surface area contributed by atoms with E-state index in [0.717, 1.165) is 0 Å². The summed E-state index contributed by atoms with van der Waals surface area (Å²) in [7, 11) is 0. The van der Waals surface area contributed by atoms with Crippen LogP contribution in [0.3, 0.4) is 0 Å². The molecule has 1 saturated carbocycles. The van der Waals surface area contributed by atoms with E-state index in [9.17, 15) is 18.4 Å². The topological polar surface area (TPSA) is 52.6 Å². The SMILES string of the molecule is CCOC(=O)C(C(=O)OCC)C1CCC(F)(F)CC1. The zero-order valence-electron chi connectivity index (χ0n) is 11.3. The molecule has 0 aromatic rings. The maximum Gasteiger partial charge on any atom is 0.320 e. The van der Waals surface area contributed by atoms with Gasteiger partial charge in [-0.25, -0.2) is 8.78 Å². The number of carbonyl (C=O) groups is 2. The van der Waals surface area contributed by atoms with Crippen LogP contribution in [0.25, 0.3) is 0 Å². The summed E-state index contributed by atoms with van der Waals surface area (Å²) in [5.74, 6) is -5.52. The zero-order valence-corrected chi connectivity index (χ0v) is 11.3. The first kappa shape index (κ1) is 15.9. The van der Waals surface area contributed by atoms with Gasteiger partial charge in [0.2, 0.25) is 5.92 Å². The van der Waals surface area contributed by atoms with Gasteiger partial charge in [0.25, 0.3) is 0 Å². The molecule has 0 amide bonds. The number of esters is 2. The van der Waals surface area contributed by atoms with E-state index in [0.29, 0.717) is 0 Å². The van der Waals surface area contributed by atoms with Crippen molar-refractivity contribution in [2.45, 2.75) is 45.5 Å². The van der Waals surface area contributed by atoms with Crippen LogP contribution in [0.4, 0.5) is 8.78 Å². The Kier molecular flexibility index (Phi) is 5.69. The van der Waals surface area contributed by atoms with Gasteiger partial charge in [-0.1, -0.05) is 0 Å². The van der Waals surface area contributed by atoms with Crippen molar-refractivity contribution in [3.63, 3.8) is 0 Å². The smallest absolute Gasteiger partial charge is 0.320 e. The number of carbonyl (C=O) groups excluding carboxylic acids is 2. The average Bonchev–Trinajstić information content (AvgIpc) is 2.32. The number of halogens is 2. The molecule has 1 rings (SSSR count). The highest BCUT2D eigenvalue weighted by Crippen LogP contribution is 2.39. The summed E-state index contributed by atoms with van der Waals surface area (Å²) in [6.45, 7) is 3.57. The van der Waals surface area contributed by atoms with Crippen molar-refractivity contribution in [3.8, 4) is 0 Å². The highest BCUT2D eigenvalue weighted by atomic mass is 19.3. The van der Waals surface area contributed by atoms with Gasteiger partial charge in [-0.15, -0.1) is 0 Å². The van der Waals surface area contributed by atoms with Crippen molar-refractivity contribution in [2.75, 3.05) is 13.2 Å². The molecule has 1 aliphatic rings. The Labute approximate surface area is 111 Å². The summed E-state index contributed by atoms with van der Waals surface area (Å²) in [5, 5.41) is 0. The predicted molar refractivity (Wildman–Crippen MR) is 63.7 cm³/mol. The molecule has 0 unspecified atom stereocenters. The number of alkyl halides is 2. The number of hydrogen-bond acceptors (Lipinski definition) is 4. The van der Waals surface area contributed by atoms with Crippen LogP contribution < -0.4 is 0 Å². The van der Waals surface area contributed by atoms with Gasteiger partial charge in [0.05, 0.1) is 13.2 Å². The molecular weight excluding hydrogens is 258 g/mol. The quantitative estimate of drug-likeness (QED) is 0.573. The van der Waals surface area contributed by atoms with E-state index >= 15 is 0 Å². The van der Waals surface area contributed by atoms with E-state index in [1.807, 2.05) is 0 Å². The van der Waals surface area contributed by atoms with E-state index in [-0.39, 0.29) is 38.9 Å². The first-order chi connectivity index (χ1) is 8.91. The fourth-order valence-electron chi connectivity index (χ4n) is 2.34. The third kappa shape index (κ3) is 4.44. The van der Waals surface area contributed by atoms with Crippen LogP contribution in [0.15, 0.2) is 0 Å². The molecule has 0 aromatic heterocycles. The maximum absolute atomic E-state index is 13.1. The Morgan fingerprint density at radius 2 is 1.53 bits per heavy atom. The second kappa shape index (κ2) is 6.82. The number of rotatable bonds is 5. The standard InChI is InChI=1S/C13H20F2O4/c1-3-18-11(16)10(12(17)19-4-2)9-5-7-13(14,15)8-6-9/h9-10H,3-8H2,1-2H3. The summed E-state index contributed by atoms with van der Waals surface area (Å²) >= 11 is 0. The van der Waals surface area contributed by atoms with Gasteiger partial charge < -0.3 is 9.47 Å². The molecule has 4 nitrogen and oxygen atoms in total. The summed E-state index contributed by atoms with van der Waals surface area (Å²) in [5.41, 5.74) is 0. The average molecular weight is 278 g/mol. The Hall–Kier alpha value is -1.20. The summed E-state index contributed by atoms with van der Waals surface area (Å²) in [6, 6.07) is 0. The highest BCUT2D eigenvalue weighted by molar-refractivity contribution is 5.95. The van der Waals surface area contributed by atoms with Gasteiger partial charge in [0.1, 0.15) is 0 Å². The Morgan fingerprint density at radius 3 is 1.89 bits per heavy atom. The van der Waals surface area contributed by atoms with Crippen molar-refractivity contribution in [2.24, 2.45) is 11.8 Å². The zero-order chi connectivity index (χ0) is 14.5. The van der Waals surface area contributed by atoms with Crippen LogP contribution in [0.2, 0.25) is 0 Å². The fourth-order valence-corrected chi connectivity index (χ4v) is 2.34. The number of hydrogen-bond donors (Lipinski definition) is 0. The molecule has 110 valence electrons. The Morgan fingerprint density at radius 1 is 1.11 bits per heavy atom. The van der Waals surface area contributed by atoms with Gasteiger partial charge in [0, 0.05) is 12.8 Å². The Balaban J connectivity index is 2.74. The van der Waals surface area contributed by atoms with Crippen LogP contribution >= 0.6 is 0 Å². The van der Waals surface area contributed by atoms with Crippen LogP contribution in [0, 0.1) is 11.8 Å². The van der Waals surface area contributed by atoms with E-state index < -0.39 is 29.7 Å². The van der Waals surface area contributed by atoms with E-state index in [1.54, 1.807) is 13.8 Å². The number of ether oxygens (including phenoxy) is 2. The minimum absolute atomic E-state index is 0.134. The first-order valence-corrected chi connectivity index (χ1v) is 6.62. The Bertz CT molecular complexity index is 303. The molecule has 0 atom stereocenters. The lowest BCUT2D eigenvalue weighted by Crippen LogP contribution is -2.38. The lowest BCUT2D eigenvalue weighted by molar-refractivity contribution is -0.167. The van der Waals surface area contributed by atoms with E-state index in [1.165, 1.54) is 0 Å². The van der Waals surface area contributed by atoms with Gasteiger partial charge in [-0.2, -0.15) is 0 Å². The molecule has 1 aliphatic carbocycles. The second-order valence-electron chi connectivity index (χ2n) is 4.68. The molecule has 1 fully saturated rings. The first-order valence-electron chi connectivity index (χ1n) is 6.62. The molecule has 0 N–H and O–H groups in total. The second-order valence-corrected chi connectivity index (χ2v) is 4.68. The summed E-state index contributed by atoms with van der Waals surface area (Å²) in [6.07, 6.45) is -0.329. The van der Waals surface area contributed by atoms with Crippen molar-refractivity contribution >= 4 is 11.9 Å². The summed E-state index contributed by atoms with van der Waals surface area (Å²) in [4.78, 5) is 23.6. The van der Waals surface area contributed by atoms with Gasteiger partial charge in [-0.3, -0.25) is 9.59 Å². The monoisotopic (exact) mass is 278 g/mol. The predicted octanol–water partition coefficient (Wildman–Crippen LogP) is 2.55. The van der Waals surface area contributed by atoms with Crippen LogP contribution in [0.5, 0.6) is 0 Å². The largest absolute Gasteiger partial charge is 0.465 e. The molecular formula is C13H20F2O4. The third-order valence-corrected chi connectivity index (χ3v) is 3.31. The van der Waals surface area contributed by atoms with Crippen molar-refractivity contribution in [1.82, 2.24) is 0 Å². The van der Waals surface area contributed by atoms with Crippen LogP contribution in [-0.2, 0) is 19.1 Å². The summed E-state index contributed by atoms with van der Waals surface area (Å²) < 4.78 is 35.9. The molecule has 0 radical (unpaired) electrons. The van der Waals surface area contributed by atoms with Crippen molar-refractivity contribution < 1.29 is 27.8 Å². The van der Waals surface area contributed by atoms with Gasteiger partial charge in [0.15, 0.2) is 5.92 Å². The molecule has 0 bridgehead atoms. The van der Waals surface area contributed by atoms with Crippen LogP contribution in [0.1, 0.15) is 39.5 Å². The minimum Gasteiger partial charge on any atom is -0.465 e. The molecule has 19 heavy (non-hydrogen) atoms. The molecule has 0 saturated heterocycles. The highest BCUT2D eigenvalue weighted by Gasteiger charge is 2.43. The molecule has 0 spiro atoms. The molecule has 0 aliphatic heterocycles. The van der Waals surface area contributed by atoms with Crippen molar-refractivity contribution in [1.29, 1.82) is 0 Å². The fraction of sp³-hybridized carbons (Fsp3) is 0.846. The molecule has 0 aromatic carbocycles. The minimum atomic E-state index is -2.69.